The van der Waals surface area contributed by atoms with Gasteiger partial charge in [0.05, 0.1) is 11.6 Å². The molecule has 2 aliphatic rings. The minimum absolute atomic E-state index is 0.372. The second-order valence-electron chi connectivity index (χ2n) is 5.93. The first-order valence-corrected chi connectivity index (χ1v) is 7.71. The fourth-order valence-corrected chi connectivity index (χ4v) is 3.71. The van der Waals surface area contributed by atoms with Crippen LogP contribution < -0.4 is 10.5 Å². The van der Waals surface area contributed by atoms with Crippen LogP contribution in [0.15, 0.2) is 27.4 Å². The zero-order valence-corrected chi connectivity index (χ0v) is 12.3. The highest BCUT2D eigenvalue weighted by atomic mass is 16.4. The summed E-state index contributed by atoms with van der Waals surface area (Å²) in [6, 6.07) is 5.91. The molecule has 0 N–H and O–H groups in total. The van der Waals surface area contributed by atoms with Gasteiger partial charge < -0.3 is 9.32 Å². The van der Waals surface area contributed by atoms with E-state index in [1.807, 2.05) is 12.1 Å². The van der Waals surface area contributed by atoms with Crippen LogP contribution in [0.5, 0.6) is 0 Å². The second-order valence-corrected chi connectivity index (χ2v) is 5.93. The monoisotopic (exact) mass is 292 g/mol. The number of benzene rings is 1. The molecule has 110 valence electrons. The van der Waals surface area contributed by atoms with E-state index in [0.29, 0.717) is 5.56 Å². The fraction of sp³-hybridized carbons (Fsp3) is 0.333. The molecule has 0 atom stereocenters. The Kier molecular flexibility index (Phi) is 3.00. The molecule has 0 amide bonds. The standard InChI is InChI=1S/C18H16N2O2/c19-7-1-4-13-11-14-10-12-5-2-8-20-9-3-6-15(16(12)20)17(14)22-18(13)21/h1,4,10-11H,2-3,5-6,8-9H2/b4-1+. The normalized spacial score (nSPS) is 16.8. The summed E-state index contributed by atoms with van der Waals surface area (Å²) in [6.45, 7) is 2.19. The lowest BCUT2D eigenvalue weighted by molar-refractivity contribution is 0.548. The maximum absolute atomic E-state index is 12.1. The predicted molar refractivity (Wildman–Crippen MR) is 86.0 cm³/mol. The highest BCUT2D eigenvalue weighted by Gasteiger charge is 2.26. The predicted octanol–water partition coefficient (Wildman–Crippen LogP) is 3.03. The van der Waals surface area contributed by atoms with E-state index < -0.39 is 0 Å². The van der Waals surface area contributed by atoms with Crippen LogP contribution in [0.3, 0.4) is 0 Å². The van der Waals surface area contributed by atoms with E-state index in [0.717, 1.165) is 43.3 Å². The van der Waals surface area contributed by atoms with Gasteiger partial charge in [0.1, 0.15) is 5.58 Å². The minimum atomic E-state index is -0.372. The molecule has 4 nitrogen and oxygen atoms in total. The number of anilines is 1. The van der Waals surface area contributed by atoms with E-state index in [2.05, 4.69) is 11.0 Å². The van der Waals surface area contributed by atoms with Crippen molar-refractivity contribution in [1.82, 2.24) is 0 Å². The topological polar surface area (TPSA) is 57.2 Å². The lowest BCUT2D eigenvalue weighted by atomic mass is 9.90. The van der Waals surface area contributed by atoms with Crippen LogP contribution in [0.2, 0.25) is 0 Å². The zero-order chi connectivity index (χ0) is 15.1. The number of hydrogen-bond donors (Lipinski definition) is 0. The Bertz CT molecular complexity index is 885. The van der Waals surface area contributed by atoms with Gasteiger partial charge in [-0.15, -0.1) is 0 Å². The van der Waals surface area contributed by atoms with Crippen molar-refractivity contribution in [2.45, 2.75) is 25.7 Å². The Morgan fingerprint density at radius 1 is 1.23 bits per heavy atom. The Labute approximate surface area is 128 Å². The highest BCUT2D eigenvalue weighted by molar-refractivity contribution is 5.89. The maximum atomic E-state index is 12.1. The lowest BCUT2D eigenvalue weighted by Gasteiger charge is -2.37. The zero-order valence-electron chi connectivity index (χ0n) is 12.3. The molecule has 0 saturated heterocycles. The van der Waals surface area contributed by atoms with Gasteiger partial charge in [0.25, 0.3) is 0 Å². The van der Waals surface area contributed by atoms with Gasteiger partial charge in [-0.1, -0.05) is 0 Å². The summed E-state index contributed by atoms with van der Waals surface area (Å²) in [7, 11) is 0. The average Bonchev–Trinajstić information content (AvgIpc) is 2.54. The number of nitriles is 1. The molecule has 0 aliphatic carbocycles. The molecular weight excluding hydrogens is 276 g/mol. The van der Waals surface area contributed by atoms with Crippen molar-refractivity contribution >= 4 is 22.7 Å². The molecule has 0 fully saturated rings. The van der Waals surface area contributed by atoms with Crippen molar-refractivity contribution in [3.63, 3.8) is 0 Å². The van der Waals surface area contributed by atoms with Gasteiger partial charge in [-0.2, -0.15) is 5.26 Å². The van der Waals surface area contributed by atoms with Gasteiger partial charge in [-0.25, -0.2) is 4.79 Å². The van der Waals surface area contributed by atoms with Crippen LogP contribution in [0.4, 0.5) is 5.69 Å². The molecule has 4 rings (SSSR count). The molecule has 0 bridgehead atoms. The van der Waals surface area contributed by atoms with E-state index in [4.69, 9.17) is 9.68 Å². The third-order valence-electron chi connectivity index (χ3n) is 4.58. The first-order valence-electron chi connectivity index (χ1n) is 7.71. The molecule has 1 aromatic carbocycles. The Morgan fingerprint density at radius 3 is 2.86 bits per heavy atom. The summed E-state index contributed by atoms with van der Waals surface area (Å²) < 4.78 is 5.62. The van der Waals surface area contributed by atoms with Gasteiger partial charge in [0, 0.05) is 35.8 Å². The van der Waals surface area contributed by atoms with Gasteiger partial charge in [0.2, 0.25) is 0 Å². The quantitative estimate of drug-likeness (QED) is 0.599. The number of hydrogen-bond acceptors (Lipinski definition) is 4. The Balaban J connectivity index is 2.01. The first-order chi connectivity index (χ1) is 10.8. The highest BCUT2D eigenvalue weighted by Crippen LogP contribution is 2.39. The molecule has 1 aromatic heterocycles. The van der Waals surface area contributed by atoms with Crippen LogP contribution in [0.1, 0.15) is 29.5 Å². The molecule has 3 heterocycles. The van der Waals surface area contributed by atoms with Crippen LogP contribution in [0, 0.1) is 11.3 Å². The summed E-state index contributed by atoms with van der Waals surface area (Å²) in [5.74, 6) is 0. The van der Waals surface area contributed by atoms with Crippen LogP contribution in [-0.2, 0) is 12.8 Å². The van der Waals surface area contributed by atoms with Crippen molar-refractivity contribution in [2.24, 2.45) is 0 Å². The van der Waals surface area contributed by atoms with E-state index in [-0.39, 0.29) is 5.63 Å². The van der Waals surface area contributed by atoms with Gasteiger partial charge in [-0.05, 0) is 49.5 Å². The SMILES string of the molecule is N#C/C=C/c1cc2cc3c4c(c2oc1=O)CCCN4CCC3. The van der Waals surface area contributed by atoms with E-state index >= 15 is 0 Å². The number of nitrogens with zero attached hydrogens (tertiary/aromatic N) is 2. The molecule has 0 unspecified atom stereocenters. The van der Waals surface area contributed by atoms with Crippen LogP contribution in [0.25, 0.3) is 17.0 Å². The molecule has 4 heteroatoms. The van der Waals surface area contributed by atoms with Gasteiger partial charge >= 0.3 is 5.63 Å². The summed E-state index contributed by atoms with van der Waals surface area (Å²) in [5, 5.41) is 9.60. The number of rotatable bonds is 1. The van der Waals surface area contributed by atoms with E-state index in [1.165, 1.54) is 35.4 Å². The molecule has 22 heavy (non-hydrogen) atoms. The maximum Gasteiger partial charge on any atom is 0.343 e. The van der Waals surface area contributed by atoms with Crippen molar-refractivity contribution in [1.29, 1.82) is 5.26 Å². The Hall–Kier alpha value is -2.54. The molecule has 0 spiro atoms. The first kappa shape index (κ1) is 13.1. The third-order valence-corrected chi connectivity index (χ3v) is 4.58. The summed E-state index contributed by atoms with van der Waals surface area (Å²) in [4.78, 5) is 14.6. The number of allylic oxidation sites excluding steroid dienone is 1. The summed E-state index contributed by atoms with van der Waals surface area (Å²) >= 11 is 0. The molecule has 0 radical (unpaired) electrons. The Morgan fingerprint density at radius 2 is 2.05 bits per heavy atom. The third kappa shape index (κ3) is 1.93. The molecule has 0 saturated carbocycles. The van der Waals surface area contributed by atoms with Crippen LogP contribution in [-0.4, -0.2) is 13.1 Å². The number of fused-ring (bicyclic) bond motifs is 2. The van der Waals surface area contributed by atoms with Gasteiger partial charge in [0.15, 0.2) is 0 Å². The van der Waals surface area contributed by atoms with Crippen molar-refractivity contribution in [3.8, 4) is 6.07 Å². The van der Waals surface area contributed by atoms with Crippen molar-refractivity contribution in [3.05, 3.63) is 45.3 Å². The molecule has 2 aromatic rings. The summed E-state index contributed by atoms with van der Waals surface area (Å²) in [6.07, 6.45) is 7.15. The average molecular weight is 292 g/mol. The molecular formula is C18H16N2O2. The van der Waals surface area contributed by atoms with E-state index in [9.17, 15) is 4.79 Å². The van der Waals surface area contributed by atoms with Crippen molar-refractivity contribution in [2.75, 3.05) is 18.0 Å². The smallest absolute Gasteiger partial charge is 0.343 e. The lowest BCUT2D eigenvalue weighted by Crippen LogP contribution is -2.34. The van der Waals surface area contributed by atoms with Gasteiger partial charge in [-0.3, -0.25) is 0 Å². The fourth-order valence-electron chi connectivity index (χ4n) is 3.71. The van der Waals surface area contributed by atoms with Crippen LogP contribution >= 0.6 is 0 Å². The van der Waals surface area contributed by atoms with E-state index in [1.54, 1.807) is 0 Å². The summed E-state index contributed by atoms with van der Waals surface area (Å²) in [5.41, 5.74) is 4.63. The number of aryl methyl sites for hydroxylation is 2. The minimum Gasteiger partial charge on any atom is -0.422 e. The second kappa shape index (κ2) is 5.03. The largest absolute Gasteiger partial charge is 0.422 e. The van der Waals surface area contributed by atoms with Crippen molar-refractivity contribution < 1.29 is 4.42 Å². The molecule has 2 aliphatic heterocycles.